The number of carbonyl (C=O) groups is 2. The lowest BCUT2D eigenvalue weighted by Crippen LogP contribution is -2.48. The number of halogens is 3. The normalized spacial score (nSPS) is 16.4. The molecule has 1 heterocycles. The minimum atomic E-state index is -4.67. The standard InChI is InChI=1S/C17H23F3N4O4S/c1-21-16(26)11-24-7-5-13(6-8-24)23-15(25)10-22-29(27,28)14-4-2-3-12(9-14)17(18,19)20/h2-4,9,13,22H,5-8,10-11H2,1H3,(H,21,26)(H,23,25). The highest BCUT2D eigenvalue weighted by Crippen LogP contribution is 2.30. The lowest BCUT2D eigenvalue weighted by molar-refractivity contribution is -0.137. The van der Waals surface area contributed by atoms with Gasteiger partial charge in [-0.3, -0.25) is 14.5 Å². The number of rotatable bonds is 7. The summed E-state index contributed by atoms with van der Waals surface area (Å²) in [5.41, 5.74) is -1.09. The first kappa shape index (κ1) is 23.1. The second kappa shape index (κ2) is 9.55. The lowest BCUT2D eigenvalue weighted by atomic mass is 10.1. The minimum Gasteiger partial charge on any atom is -0.358 e. The van der Waals surface area contributed by atoms with Gasteiger partial charge in [0.15, 0.2) is 0 Å². The van der Waals surface area contributed by atoms with Crippen molar-refractivity contribution < 1.29 is 31.2 Å². The molecule has 8 nitrogen and oxygen atoms in total. The number of nitrogens with zero attached hydrogens (tertiary/aromatic N) is 1. The summed E-state index contributed by atoms with van der Waals surface area (Å²) in [5.74, 6) is -0.679. The molecule has 162 valence electrons. The highest BCUT2D eigenvalue weighted by atomic mass is 32.2. The topological polar surface area (TPSA) is 108 Å². The van der Waals surface area contributed by atoms with E-state index in [2.05, 4.69) is 10.6 Å². The molecule has 1 saturated heterocycles. The second-order valence-corrected chi connectivity index (χ2v) is 8.41. The summed E-state index contributed by atoms with van der Waals surface area (Å²) in [5, 5.41) is 5.23. The molecule has 1 fully saturated rings. The Balaban J connectivity index is 1.84. The smallest absolute Gasteiger partial charge is 0.358 e. The quantitative estimate of drug-likeness (QED) is 0.570. The van der Waals surface area contributed by atoms with Gasteiger partial charge in [0.05, 0.1) is 23.5 Å². The van der Waals surface area contributed by atoms with Crippen molar-refractivity contribution >= 4 is 21.8 Å². The molecule has 0 aliphatic carbocycles. The molecule has 1 aliphatic heterocycles. The van der Waals surface area contributed by atoms with Crippen LogP contribution in [0.3, 0.4) is 0 Å². The van der Waals surface area contributed by atoms with E-state index in [0.717, 1.165) is 18.2 Å². The number of carbonyl (C=O) groups excluding carboxylic acids is 2. The first-order chi connectivity index (χ1) is 13.5. The van der Waals surface area contributed by atoms with Crippen LogP contribution in [0.2, 0.25) is 0 Å². The van der Waals surface area contributed by atoms with Crippen molar-refractivity contribution in [2.24, 2.45) is 0 Å². The van der Waals surface area contributed by atoms with E-state index in [1.165, 1.54) is 0 Å². The molecule has 0 atom stereocenters. The van der Waals surface area contributed by atoms with Crippen LogP contribution in [-0.2, 0) is 25.8 Å². The summed E-state index contributed by atoms with van der Waals surface area (Å²) in [6, 6.07) is 3.13. The van der Waals surface area contributed by atoms with Gasteiger partial charge in [-0.05, 0) is 31.0 Å². The Morgan fingerprint density at radius 1 is 1.17 bits per heavy atom. The van der Waals surface area contributed by atoms with Gasteiger partial charge >= 0.3 is 6.18 Å². The molecule has 1 aromatic carbocycles. The number of amides is 2. The van der Waals surface area contributed by atoms with Gasteiger partial charge in [0, 0.05) is 26.2 Å². The predicted molar refractivity (Wildman–Crippen MR) is 98.3 cm³/mol. The average molecular weight is 436 g/mol. The summed E-state index contributed by atoms with van der Waals surface area (Å²) in [6.45, 7) is 0.896. The molecule has 2 amide bonds. The summed E-state index contributed by atoms with van der Waals surface area (Å²) < 4.78 is 64.6. The van der Waals surface area contributed by atoms with E-state index in [0.29, 0.717) is 32.0 Å². The molecule has 1 aromatic rings. The monoisotopic (exact) mass is 436 g/mol. The maximum Gasteiger partial charge on any atom is 0.416 e. The van der Waals surface area contributed by atoms with Crippen LogP contribution in [-0.4, -0.2) is 64.4 Å². The zero-order valence-corrected chi connectivity index (χ0v) is 16.6. The predicted octanol–water partition coefficient (Wildman–Crippen LogP) is 0.310. The first-order valence-corrected chi connectivity index (χ1v) is 10.4. The summed E-state index contributed by atoms with van der Waals surface area (Å²) in [7, 11) is -2.72. The molecule has 3 N–H and O–H groups in total. The van der Waals surface area contributed by atoms with E-state index in [-0.39, 0.29) is 18.5 Å². The van der Waals surface area contributed by atoms with Crippen molar-refractivity contribution in [1.29, 1.82) is 0 Å². The summed E-state index contributed by atoms with van der Waals surface area (Å²) in [4.78, 5) is 24.8. The third kappa shape index (κ3) is 6.98. The average Bonchev–Trinajstić information content (AvgIpc) is 2.67. The third-order valence-electron chi connectivity index (χ3n) is 4.49. The molecule has 1 aliphatic rings. The number of nitrogens with one attached hydrogen (secondary N) is 3. The summed E-state index contributed by atoms with van der Waals surface area (Å²) in [6.07, 6.45) is -3.47. The highest BCUT2D eigenvalue weighted by Gasteiger charge is 2.31. The van der Waals surface area contributed by atoms with Crippen LogP contribution in [0.15, 0.2) is 29.2 Å². The number of piperidine rings is 1. The van der Waals surface area contributed by atoms with Gasteiger partial charge in [0.25, 0.3) is 0 Å². The van der Waals surface area contributed by atoms with Crippen LogP contribution in [0.25, 0.3) is 0 Å². The number of hydrogen-bond donors (Lipinski definition) is 3. The number of benzene rings is 1. The van der Waals surface area contributed by atoms with Crippen molar-refractivity contribution in [1.82, 2.24) is 20.3 Å². The molecule has 0 bridgehead atoms. The van der Waals surface area contributed by atoms with Crippen molar-refractivity contribution in [2.45, 2.75) is 30.0 Å². The van der Waals surface area contributed by atoms with Gasteiger partial charge in [0.1, 0.15) is 0 Å². The molecular weight excluding hydrogens is 413 g/mol. The zero-order chi connectivity index (χ0) is 21.7. The molecule has 0 aromatic heterocycles. The Hall–Kier alpha value is -2.18. The van der Waals surface area contributed by atoms with Crippen LogP contribution in [0.4, 0.5) is 13.2 Å². The molecule has 29 heavy (non-hydrogen) atoms. The van der Waals surface area contributed by atoms with Crippen molar-refractivity contribution in [3.8, 4) is 0 Å². The number of hydrogen-bond acceptors (Lipinski definition) is 5. The number of sulfonamides is 1. The van der Waals surface area contributed by atoms with Crippen LogP contribution in [0.5, 0.6) is 0 Å². The van der Waals surface area contributed by atoms with Gasteiger partial charge < -0.3 is 10.6 Å². The SMILES string of the molecule is CNC(=O)CN1CCC(NC(=O)CNS(=O)(=O)c2cccc(C(F)(F)F)c2)CC1. The van der Waals surface area contributed by atoms with Crippen molar-refractivity contribution in [3.63, 3.8) is 0 Å². The Morgan fingerprint density at radius 3 is 2.41 bits per heavy atom. The Kier molecular flexibility index (Phi) is 7.60. The van der Waals surface area contributed by atoms with E-state index < -0.39 is 39.1 Å². The Labute approximate surface area is 166 Å². The van der Waals surface area contributed by atoms with Gasteiger partial charge in [-0.2, -0.15) is 13.2 Å². The fourth-order valence-electron chi connectivity index (χ4n) is 2.88. The minimum absolute atomic E-state index is 0.100. The van der Waals surface area contributed by atoms with Gasteiger partial charge in [-0.1, -0.05) is 6.07 Å². The number of likely N-dealkylation sites (N-methyl/N-ethyl adjacent to an activating group) is 1. The molecule has 2 rings (SSSR count). The Bertz CT molecular complexity index is 837. The number of likely N-dealkylation sites (tertiary alicyclic amines) is 1. The van der Waals surface area contributed by atoms with Gasteiger partial charge in [-0.25, -0.2) is 13.1 Å². The van der Waals surface area contributed by atoms with Crippen molar-refractivity contribution in [2.75, 3.05) is 33.2 Å². The van der Waals surface area contributed by atoms with E-state index >= 15 is 0 Å². The van der Waals surface area contributed by atoms with E-state index in [1.54, 1.807) is 7.05 Å². The largest absolute Gasteiger partial charge is 0.416 e. The van der Waals surface area contributed by atoms with E-state index in [1.807, 2.05) is 9.62 Å². The molecule has 0 radical (unpaired) electrons. The fraction of sp³-hybridized carbons (Fsp3) is 0.529. The first-order valence-electron chi connectivity index (χ1n) is 8.90. The summed E-state index contributed by atoms with van der Waals surface area (Å²) >= 11 is 0. The molecule has 0 spiro atoms. The van der Waals surface area contributed by atoms with Crippen LogP contribution >= 0.6 is 0 Å². The fourth-order valence-corrected chi connectivity index (χ4v) is 3.91. The van der Waals surface area contributed by atoms with E-state index in [4.69, 9.17) is 0 Å². The van der Waals surface area contributed by atoms with Crippen LogP contribution in [0, 0.1) is 0 Å². The van der Waals surface area contributed by atoms with Crippen LogP contribution in [0.1, 0.15) is 18.4 Å². The zero-order valence-electron chi connectivity index (χ0n) is 15.8. The molecule has 0 saturated carbocycles. The van der Waals surface area contributed by atoms with E-state index in [9.17, 15) is 31.2 Å². The lowest BCUT2D eigenvalue weighted by Gasteiger charge is -2.31. The Morgan fingerprint density at radius 2 is 1.83 bits per heavy atom. The van der Waals surface area contributed by atoms with Crippen LogP contribution < -0.4 is 15.4 Å². The third-order valence-corrected chi connectivity index (χ3v) is 5.89. The van der Waals surface area contributed by atoms with Crippen molar-refractivity contribution in [3.05, 3.63) is 29.8 Å². The molecule has 0 unspecified atom stereocenters. The van der Waals surface area contributed by atoms with Gasteiger partial charge in [0.2, 0.25) is 21.8 Å². The maximum absolute atomic E-state index is 12.7. The van der Waals surface area contributed by atoms with Gasteiger partial charge in [-0.15, -0.1) is 0 Å². The highest BCUT2D eigenvalue weighted by molar-refractivity contribution is 7.89. The number of alkyl halides is 3. The second-order valence-electron chi connectivity index (χ2n) is 6.64. The molecule has 12 heteroatoms. The maximum atomic E-state index is 12.7. The molecular formula is C17H23F3N4O4S.